The van der Waals surface area contributed by atoms with Gasteiger partial charge in [-0.3, -0.25) is 0 Å². The molecule has 0 nitrogen and oxygen atoms in total. The van der Waals surface area contributed by atoms with E-state index in [1.807, 2.05) is 0 Å². The van der Waals surface area contributed by atoms with Crippen LogP contribution in [0.5, 0.6) is 0 Å². The number of hydrogen-bond donors (Lipinski definition) is 0. The molecule has 0 spiro atoms. The fourth-order valence-electron chi connectivity index (χ4n) is 3.28. The zero-order valence-corrected chi connectivity index (χ0v) is 9.97. The smallest absolute Gasteiger partial charge is 0.0383 e. The van der Waals surface area contributed by atoms with Gasteiger partial charge in [0, 0.05) is 0 Å². The second-order valence-corrected chi connectivity index (χ2v) is 5.71. The molecule has 0 radical (unpaired) electrons. The van der Waals surface area contributed by atoms with Gasteiger partial charge in [-0.2, -0.15) is 0 Å². The molecule has 0 aromatic rings. The van der Waals surface area contributed by atoms with Crippen LogP contribution in [0.4, 0.5) is 0 Å². The topological polar surface area (TPSA) is 0 Å². The summed E-state index contributed by atoms with van der Waals surface area (Å²) in [6, 6.07) is 0. The normalized spacial score (nSPS) is 40.7. The lowest BCUT2D eigenvalue weighted by Gasteiger charge is -2.34. The van der Waals surface area contributed by atoms with E-state index in [0.29, 0.717) is 0 Å². The third kappa shape index (κ3) is 2.52. The molecule has 0 amide bonds. The van der Waals surface area contributed by atoms with E-state index in [-0.39, 0.29) is 0 Å². The third-order valence-corrected chi connectivity index (χ3v) is 4.69. The van der Waals surface area contributed by atoms with Crippen LogP contribution in [0.2, 0.25) is 0 Å². The first kappa shape index (κ1) is 10.5. The molecule has 82 valence electrons. The summed E-state index contributed by atoms with van der Waals surface area (Å²) < 4.78 is 0. The third-order valence-electron chi connectivity index (χ3n) is 4.69. The van der Waals surface area contributed by atoms with Crippen molar-refractivity contribution >= 4 is 0 Å². The van der Waals surface area contributed by atoms with Gasteiger partial charge >= 0.3 is 0 Å². The molecule has 0 heterocycles. The van der Waals surface area contributed by atoms with E-state index in [1.54, 1.807) is 32.1 Å². The second kappa shape index (κ2) is 4.68. The maximum Gasteiger partial charge on any atom is -0.0383 e. The van der Waals surface area contributed by atoms with Crippen LogP contribution in [0.1, 0.15) is 65.2 Å². The average molecular weight is 194 g/mol. The number of rotatable bonds is 6. The molecule has 2 fully saturated rings. The maximum absolute atomic E-state index is 2.35. The molecule has 0 aliphatic heterocycles. The summed E-state index contributed by atoms with van der Waals surface area (Å²) in [5.41, 5.74) is 0. The standard InChI is InChI=1S/C14H26/c1-3-11-8-12(9-11)6-5-7-14-10-13(14)4-2/h11-14H,3-10H2,1-2H3. The highest BCUT2D eigenvalue weighted by Crippen LogP contribution is 2.46. The Hall–Kier alpha value is 0. The van der Waals surface area contributed by atoms with Gasteiger partial charge in [0.25, 0.3) is 0 Å². The van der Waals surface area contributed by atoms with Gasteiger partial charge in [-0.15, -0.1) is 0 Å². The molecule has 0 aromatic heterocycles. The lowest BCUT2D eigenvalue weighted by Crippen LogP contribution is -2.22. The predicted molar refractivity (Wildman–Crippen MR) is 62.2 cm³/mol. The monoisotopic (exact) mass is 194 g/mol. The van der Waals surface area contributed by atoms with Crippen LogP contribution in [0.3, 0.4) is 0 Å². The van der Waals surface area contributed by atoms with Crippen LogP contribution in [0.25, 0.3) is 0 Å². The summed E-state index contributed by atoms with van der Waals surface area (Å²) in [5.74, 6) is 4.49. The van der Waals surface area contributed by atoms with Crippen molar-refractivity contribution in [2.24, 2.45) is 23.7 Å². The molecule has 2 aliphatic carbocycles. The minimum atomic E-state index is 1.10. The molecular weight excluding hydrogens is 168 g/mol. The van der Waals surface area contributed by atoms with Crippen molar-refractivity contribution in [1.82, 2.24) is 0 Å². The fourth-order valence-corrected chi connectivity index (χ4v) is 3.28. The first-order valence-electron chi connectivity index (χ1n) is 6.83. The molecule has 0 bridgehead atoms. The average Bonchev–Trinajstić information content (AvgIpc) is 2.87. The van der Waals surface area contributed by atoms with Crippen LogP contribution >= 0.6 is 0 Å². The van der Waals surface area contributed by atoms with E-state index in [4.69, 9.17) is 0 Å². The van der Waals surface area contributed by atoms with Crippen molar-refractivity contribution in [3.05, 3.63) is 0 Å². The van der Waals surface area contributed by atoms with Crippen LogP contribution in [-0.4, -0.2) is 0 Å². The molecule has 2 atom stereocenters. The first-order valence-corrected chi connectivity index (χ1v) is 6.83. The lowest BCUT2D eigenvalue weighted by atomic mass is 9.71. The number of hydrogen-bond acceptors (Lipinski definition) is 0. The Bertz CT molecular complexity index is 167. The molecular formula is C14H26. The Kier molecular flexibility index (Phi) is 3.52. The van der Waals surface area contributed by atoms with Gasteiger partial charge in [-0.05, 0) is 42.9 Å². The molecule has 2 saturated carbocycles. The SMILES string of the molecule is CCC1CC(CCCC2CC2CC)C1. The summed E-state index contributed by atoms with van der Waals surface area (Å²) in [4.78, 5) is 0. The molecule has 0 heteroatoms. The van der Waals surface area contributed by atoms with Crippen molar-refractivity contribution < 1.29 is 0 Å². The molecule has 0 aromatic carbocycles. The Morgan fingerprint density at radius 1 is 0.786 bits per heavy atom. The van der Waals surface area contributed by atoms with E-state index < -0.39 is 0 Å². The zero-order chi connectivity index (χ0) is 9.97. The van der Waals surface area contributed by atoms with E-state index in [9.17, 15) is 0 Å². The predicted octanol–water partition coefficient (Wildman–Crippen LogP) is 4.64. The Morgan fingerprint density at radius 2 is 1.57 bits per heavy atom. The lowest BCUT2D eigenvalue weighted by molar-refractivity contribution is 0.172. The molecule has 2 rings (SSSR count). The molecule has 2 unspecified atom stereocenters. The maximum atomic E-state index is 2.35. The Morgan fingerprint density at radius 3 is 2.14 bits per heavy atom. The van der Waals surface area contributed by atoms with Crippen LogP contribution in [0.15, 0.2) is 0 Å². The largest absolute Gasteiger partial charge is 0.0651 e. The van der Waals surface area contributed by atoms with E-state index in [2.05, 4.69) is 13.8 Å². The van der Waals surface area contributed by atoms with Crippen molar-refractivity contribution in [3.63, 3.8) is 0 Å². The van der Waals surface area contributed by atoms with Gasteiger partial charge in [0.2, 0.25) is 0 Å². The zero-order valence-electron chi connectivity index (χ0n) is 9.97. The van der Waals surface area contributed by atoms with Crippen LogP contribution in [-0.2, 0) is 0 Å². The van der Waals surface area contributed by atoms with Crippen LogP contribution in [0, 0.1) is 23.7 Å². The van der Waals surface area contributed by atoms with Crippen LogP contribution < -0.4 is 0 Å². The second-order valence-electron chi connectivity index (χ2n) is 5.71. The summed E-state index contributed by atoms with van der Waals surface area (Å²) in [6.07, 6.45) is 12.1. The summed E-state index contributed by atoms with van der Waals surface area (Å²) in [5, 5.41) is 0. The van der Waals surface area contributed by atoms with Gasteiger partial charge in [0.05, 0.1) is 0 Å². The van der Waals surface area contributed by atoms with Crippen molar-refractivity contribution in [1.29, 1.82) is 0 Å². The summed E-state index contributed by atoms with van der Waals surface area (Å²) in [6.45, 7) is 4.69. The highest BCUT2D eigenvalue weighted by atomic mass is 14.4. The summed E-state index contributed by atoms with van der Waals surface area (Å²) >= 11 is 0. The fraction of sp³-hybridized carbons (Fsp3) is 1.00. The minimum absolute atomic E-state index is 1.10. The van der Waals surface area contributed by atoms with Gasteiger partial charge < -0.3 is 0 Å². The first-order chi connectivity index (χ1) is 6.83. The van der Waals surface area contributed by atoms with Crippen molar-refractivity contribution in [2.45, 2.75) is 65.2 Å². The van der Waals surface area contributed by atoms with Gasteiger partial charge in [0.15, 0.2) is 0 Å². The van der Waals surface area contributed by atoms with E-state index in [1.165, 1.54) is 19.3 Å². The highest BCUT2D eigenvalue weighted by Gasteiger charge is 2.34. The molecule has 14 heavy (non-hydrogen) atoms. The van der Waals surface area contributed by atoms with E-state index >= 15 is 0 Å². The van der Waals surface area contributed by atoms with E-state index in [0.717, 1.165) is 23.7 Å². The highest BCUT2D eigenvalue weighted by molar-refractivity contribution is 4.85. The molecule has 0 N–H and O–H groups in total. The minimum Gasteiger partial charge on any atom is -0.0651 e. The summed E-state index contributed by atoms with van der Waals surface area (Å²) in [7, 11) is 0. The van der Waals surface area contributed by atoms with Gasteiger partial charge in [-0.1, -0.05) is 46.0 Å². The van der Waals surface area contributed by atoms with Gasteiger partial charge in [0.1, 0.15) is 0 Å². The van der Waals surface area contributed by atoms with Gasteiger partial charge in [-0.25, -0.2) is 0 Å². The quantitative estimate of drug-likeness (QED) is 0.578. The van der Waals surface area contributed by atoms with Crippen molar-refractivity contribution in [2.75, 3.05) is 0 Å². The van der Waals surface area contributed by atoms with Crippen molar-refractivity contribution in [3.8, 4) is 0 Å². The Labute approximate surface area is 89.5 Å². The Balaban J connectivity index is 1.45. The molecule has 2 aliphatic rings. The molecule has 0 saturated heterocycles.